The van der Waals surface area contributed by atoms with Crippen molar-refractivity contribution in [3.63, 3.8) is 0 Å². The van der Waals surface area contributed by atoms with Gasteiger partial charge in [-0.05, 0) is 35.9 Å². The molecule has 0 amide bonds. The lowest BCUT2D eigenvalue weighted by Gasteiger charge is -2.06. The Bertz CT molecular complexity index is 758. The fourth-order valence-corrected chi connectivity index (χ4v) is 1.71. The average Bonchev–Trinajstić information content (AvgIpc) is 2.54. The molecule has 0 fully saturated rings. The van der Waals surface area contributed by atoms with Crippen molar-refractivity contribution in [2.75, 3.05) is 7.11 Å². The molecule has 9 nitrogen and oxygen atoms in total. The predicted molar refractivity (Wildman–Crippen MR) is 80.9 cm³/mol. The molecule has 0 spiro atoms. The van der Waals surface area contributed by atoms with Crippen LogP contribution >= 0.6 is 0 Å². The summed E-state index contributed by atoms with van der Waals surface area (Å²) in [5, 5.41) is 25.3. The van der Waals surface area contributed by atoms with Crippen molar-refractivity contribution < 1.29 is 19.4 Å². The largest absolute Gasteiger partial charge is 0.450 e. The summed E-state index contributed by atoms with van der Waals surface area (Å²) in [6, 6.07) is 9.71. The average molecular weight is 317 g/mol. The van der Waals surface area contributed by atoms with E-state index in [0.717, 1.165) is 17.7 Å². The van der Waals surface area contributed by atoms with E-state index in [0.29, 0.717) is 5.75 Å². The number of benzene rings is 2. The maximum absolute atomic E-state index is 11.0. The Kier molecular flexibility index (Phi) is 4.82. The Morgan fingerprint density at radius 2 is 1.74 bits per heavy atom. The summed E-state index contributed by atoms with van der Waals surface area (Å²) in [5.74, 6) is 0.260. The van der Waals surface area contributed by atoms with Crippen molar-refractivity contribution >= 4 is 17.6 Å². The van der Waals surface area contributed by atoms with Gasteiger partial charge in [0.1, 0.15) is 12.9 Å². The first-order chi connectivity index (χ1) is 11.0. The molecule has 0 N–H and O–H groups in total. The van der Waals surface area contributed by atoms with E-state index in [4.69, 9.17) is 4.74 Å². The Hall–Kier alpha value is -3.49. The molecule has 0 aliphatic carbocycles. The molecule has 0 radical (unpaired) electrons. The zero-order valence-electron chi connectivity index (χ0n) is 11.9. The molecule has 0 saturated heterocycles. The molecule has 2 aromatic carbocycles. The molecule has 0 aliphatic heterocycles. The number of nitro benzene ring substituents is 2. The summed E-state index contributed by atoms with van der Waals surface area (Å²) in [5.41, 5.74) is -0.114. The minimum absolute atomic E-state index is 0.0843. The topological polar surface area (TPSA) is 117 Å². The first-order valence-corrected chi connectivity index (χ1v) is 6.28. The minimum atomic E-state index is -0.734. The van der Waals surface area contributed by atoms with Gasteiger partial charge in [-0.1, -0.05) is 5.16 Å². The first kappa shape index (κ1) is 15.9. The van der Waals surface area contributed by atoms with Gasteiger partial charge in [0.05, 0.1) is 22.1 Å². The van der Waals surface area contributed by atoms with Crippen molar-refractivity contribution in [1.29, 1.82) is 0 Å². The van der Waals surface area contributed by atoms with Crippen LogP contribution in [0.5, 0.6) is 11.5 Å². The minimum Gasteiger partial charge on any atom is -0.450 e. The third-order valence-corrected chi connectivity index (χ3v) is 2.77. The van der Waals surface area contributed by atoms with Gasteiger partial charge in [0, 0.05) is 6.07 Å². The molecule has 0 aromatic heterocycles. The van der Waals surface area contributed by atoms with Gasteiger partial charge in [0.15, 0.2) is 0 Å². The van der Waals surface area contributed by atoms with Gasteiger partial charge in [-0.15, -0.1) is 0 Å². The van der Waals surface area contributed by atoms with E-state index in [2.05, 4.69) is 9.99 Å². The highest BCUT2D eigenvalue weighted by Gasteiger charge is 2.21. The van der Waals surface area contributed by atoms with Crippen LogP contribution < -0.4 is 4.74 Å². The van der Waals surface area contributed by atoms with Crippen LogP contribution in [0.25, 0.3) is 0 Å². The highest BCUT2D eigenvalue weighted by atomic mass is 16.6. The number of hydrogen-bond acceptors (Lipinski definition) is 7. The molecule has 0 saturated carbocycles. The molecule has 0 unspecified atom stereocenters. The fraction of sp³-hybridized carbons (Fsp3) is 0.0714. The van der Waals surface area contributed by atoms with Crippen molar-refractivity contribution in [2.24, 2.45) is 5.16 Å². The second-order valence-electron chi connectivity index (χ2n) is 4.25. The second-order valence-corrected chi connectivity index (χ2v) is 4.25. The van der Waals surface area contributed by atoms with E-state index in [1.165, 1.54) is 19.4 Å². The van der Waals surface area contributed by atoms with Gasteiger partial charge < -0.3 is 9.57 Å². The molecule has 118 valence electrons. The summed E-state index contributed by atoms with van der Waals surface area (Å²) >= 11 is 0. The van der Waals surface area contributed by atoms with Crippen molar-refractivity contribution in [3.8, 4) is 11.5 Å². The Labute approximate surface area is 130 Å². The van der Waals surface area contributed by atoms with Crippen LogP contribution in [-0.4, -0.2) is 23.2 Å². The van der Waals surface area contributed by atoms with Crippen LogP contribution in [0.2, 0.25) is 0 Å². The molecular weight excluding hydrogens is 306 g/mol. The molecule has 2 rings (SSSR count). The number of oxime groups is 1. The lowest BCUT2D eigenvalue weighted by Crippen LogP contribution is -1.96. The highest BCUT2D eigenvalue weighted by Crippen LogP contribution is 2.34. The van der Waals surface area contributed by atoms with E-state index < -0.39 is 15.5 Å². The fourth-order valence-electron chi connectivity index (χ4n) is 1.71. The van der Waals surface area contributed by atoms with Gasteiger partial charge >= 0.3 is 5.69 Å². The zero-order chi connectivity index (χ0) is 16.8. The lowest BCUT2D eigenvalue weighted by atomic mass is 10.2. The quantitative estimate of drug-likeness (QED) is 0.458. The monoisotopic (exact) mass is 317 g/mol. The normalized spacial score (nSPS) is 10.5. The molecule has 0 bridgehead atoms. The van der Waals surface area contributed by atoms with Crippen LogP contribution in [0.1, 0.15) is 5.56 Å². The molecule has 0 aliphatic rings. The van der Waals surface area contributed by atoms with Crippen LogP contribution in [0, 0.1) is 20.2 Å². The summed E-state index contributed by atoms with van der Waals surface area (Å²) in [6.07, 6.45) is 1.48. The molecule has 0 heterocycles. The van der Waals surface area contributed by atoms with E-state index in [-0.39, 0.29) is 11.4 Å². The molecule has 0 atom stereocenters. The highest BCUT2D eigenvalue weighted by molar-refractivity contribution is 5.79. The van der Waals surface area contributed by atoms with E-state index >= 15 is 0 Å². The summed E-state index contributed by atoms with van der Waals surface area (Å²) < 4.78 is 5.42. The standard InChI is InChI=1S/C14H11N3O6/c1-22-15-9-10-2-5-12(6-3-10)23-14-7-4-11(16(18)19)8-13(14)17(20)21/h2-9H,1H3/b15-9-. The third kappa shape index (κ3) is 4.00. The first-order valence-electron chi connectivity index (χ1n) is 6.28. The smallest absolute Gasteiger partial charge is 0.318 e. The Morgan fingerprint density at radius 1 is 1.04 bits per heavy atom. The van der Waals surface area contributed by atoms with Gasteiger partial charge in [-0.25, -0.2) is 0 Å². The number of ether oxygens (including phenoxy) is 1. The SMILES string of the molecule is CO/N=C\c1ccc(Oc2ccc([N+](=O)[O-])cc2[N+](=O)[O-])cc1. The van der Waals surface area contributed by atoms with Gasteiger partial charge in [-0.2, -0.15) is 0 Å². The van der Waals surface area contributed by atoms with E-state index in [9.17, 15) is 20.2 Å². The summed E-state index contributed by atoms with van der Waals surface area (Å²) in [7, 11) is 1.42. The van der Waals surface area contributed by atoms with Gasteiger partial charge in [0.25, 0.3) is 5.69 Å². The number of hydrogen-bond donors (Lipinski definition) is 0. The maximum Gasteiger partial charge on any atom is 0.318 e. The van der Waals surface area contributed by atoms with Crippen molar-refractivity contribution in [3.05, 3.63) is 68.3 Å². The number of rotatable bonds is 6. The van der Waals surface area contributed by atoms with Crippen LogP contribution in [0.4, 0.5) is 11.4 Å². The van der Waals surface area contributed by atoms with E-state index in [1.807, 2.05) is 0 Å². The zero-order valence-corrected chi connectivity index (χ0v) is 11.9. The van der Waals surface area contributed by atoms with Crippen molar-refractivity contribution in [1.82, 2.24) is 0 Å². The number of nitrogens with zero attached hydrogens (tertiary/aromatic N) is 3. The third-order valence-electron chi connectivity index (χ3n) is 2.77. The number of non-ortho nitro benzene ring substituents is 1. The van der Waals surface area contributed by atoms with Crippen molar-refractivity contribution in [2.45, 2.75) is 0 Å². The Balaban J connectivity index is 2.27. The molecule has 23 heavy (non-hydrogen) atoms. The second kappa shape index (κ2) is 6.98. The van der Waals surface area contributed by atoms with Crippen LogP contribution in [-0.2, 0) is 4.84 Å². The predicted octanol–water partition coefficient (Wildman–Crippen LogP) is 3.28. The summed E-state index contributed by atoms with van der Waals surface area (Å²) in [6.45, 7) is 0. The molecular formula is C14H11N3O6. The summed E-state index contributed by atoms with van der Waals surface area (Å²) in [4.78, 5) is 24.8. The number of nitro groups is 2. The van der Waals surface area contributed by atoms with Crippen LogP contribution in [0.15, 0.2) is 47.6 Å². The van der Waals surface area contributed by atoms with E-state index in [1.54, 1.807) is 24.3 Å². The lowest BCUT2D eigenvalue weighted by molar-refractivity contribution is -0.394. The van der Waals surface area contributed by atoms with Gasteiger partial charge in [-0.3, -0.25) is 20.2 Å². The Morgan fingerprint density at radius 3 is 2.30 bits per heavy atom. The van der Waals surface area contributed by atoms with Crippen LogP contribution in [0.3, 0.4) is 0 Å². The maximum atomic E-state index is 11.0. The molecule has 9 heteroatoms. The van der Waals surface area contributed by atoms with Gasteiger partial charge in [0.2, 0.25) is 5.75 Å². The molecule has 2 aromatic rings.